The molecule has 2 heterocycles. The summed E-state index contributed by atoms with van der Waals surface area (Å²) in [6.45, 7) is 8.11. The van der Waals surface area contributed by atoms with E-state index in [1.807, 2.05) is 56.3 Å². The summed E-state index contributed by atoms with van der Waals surface area (Å²) in [4.78, 5) is 18.3. The highest BCUT2D eigenvalue weighted by atomic mass is 32.2. The monoisotopic (exact) mass is 405 g/mol. The maximum absolute atomic E-state index is 13.5. The first-order valence-electron chi connectivity index (χ1n) is 9.63. The minimum absolute atomic E-state index is 0.0510. The van der Waals surface area contributed by atoms with Crippen LogP contribution in [0.3, 0.4) is 0 Å². The van der Waals surface area contributed by atoms with Gasteiger partial charge in [-0.05, 0) is 43.5 Å². The van der Waals surface area contributed by atoms with Crippen molar-refractivity contribution < 1.29 is 4.52 Å². The Morgan fingerprint density at radius 1 is 1.07 bits per heavy atom. The van der Waals surface area contributed by atoms with Crippen LogP contribution in [0.25, 0.3) is 16.6 Å². The van der Waals surface area contributed by atoms with Gasteiger partial charge in [-0.25, -0.2) is 4.98 Å². The van der Waals surface area contributed by atoms with Gasteiger partial charge in [-0.15, -0.1) is 0 Å². The number of rotatable bonds is 5. The van der Waals surface area contributed by atoms with Crippen molar-refractivity contribution in [3.05, 3.63) is 81.5 Å². The lowest BCUT2D eigenvalue weighted by atomic mass is 10.0. The van der Waals surface area contributed by atoms with E-state index in [2.05, 4.69) is 25.1 Å². The van der Waals surface area contributed by atoms with E-state index in [9.17, 15) is 4.79 Å². The second kappa shape index (κ2) is 7.87. The summed E-state index contributed by atoms with van der Waals surface area (Å²) >= 11 is 1.53. The lowest BCUT2D eigenvalue weighted by Crippen LogP contribution is -2.23. The third-order valence-corrected chi connectivity index (χ3v) is 6.04. The lowest BCUT2D eigenvalue weighted by Gasteiger charge is -2.18. The van der Waals surface area contributed by atoms with Crippen LogP contribution in [0.1, 0.15) is 42.3 Å². The Labute approximate surface area is 173 Å². The number of benzene rings is 2. The van der Waals surface area contributed by atoms with Crippen molar-refractivity contribution in [1.29, 1.82) is 0 Å². The van der Waals surface area contributed by atoms with Gasteiger partial charge in [-0.3, -0.25) is 9.36 Å². The lowest BCUT2D eigenvalue weighted by molar-refractivity contribution is 0.392. The van der Waals surface area contributed by atoms with E-state index in [4.69, 9.17) is 9.51 Å². The molecule has 0 bridgehead atoms. The van der Waals surface area contributed by atoms with Crippen molar-refractivity contribution in [1.82, 2.24) is 14.7 Å². The van der Waals surface area contributed by atoms with Crippen molar-refractivity contribution in [2.24, 2.45) is 0 Å². The van der Waals surface area contributed by atoms with Gasteiger partial charge in [0.2, 0.25) is 0 Å². The third-order valence-electron chi connectivity index (χ3n) is 5.07. The Balaban J connectivity index is 1.91. The second-order valence-corrected chi connectivity index (χ2v) is 8.30. The van der Waals surface area contributed by atoms with Gasteiger partial charge in [0.1, 0.15) is 5.76 Å². The van der Waals surface area contributed by atoms with Crippen LogP contribution in [0, 0.1) is 13.8 Å². The zero-order valence-electron chi connectivity index (χ0n) is 17.0. The number of aryl methyl sites for hydroxylation is 2. The van der Waals surface area contributed by atoms with Gasteiger partial charge < -0.3 is 4.52 Å². The van der Waals surface area contributed by atoms with Gasteiger partial charge in [0.15, 0.2) is 5.16 Å². The maximum Gasteiger partial charge on any atom is 0.266 e. The first kappa shape index (κ1) is 19.5. The minimum Gasteiger partial charge on any atom is -0.361 e. The molecule has 6 heteroatoms. The molecule has 0 aliphatic carbocycles. The molecule has 4 aromatic rings. The van der Waals surface area contributed by atoms with Gasteiger partial charge in [-0.1, -0.05) is 61.1 Å². The van der Waals surface area contributed by atoms with Crippen LogP contribution in [0.15, 0.2) is 63.0 Å². The van der Waals surface area contributed by atoms with Gasteiger partial charge >= 0.3 is 0 Å². The van der Waals surface area contributed by atoms with Gasteiger partial charge in [0, 0.05) is 11.3 Å². The van der Waals surface area contributed by atoms with Gasteiger partial charge in [0.05, 0.1) is 22.3 Å². The summed E-state index contributed by atoms with van der Waals surface area (Å²) in [5, 5.41) is 5.32. The molecule has 0 radical (unpaired) electrons. The molecule has 0 atom stereocenters. The summed E-state index contributed by atoms with van der Waals surface area (Å²) in [5.74, 6) is 1.72. The Kier molecular flexibility index (Phi) is 5.28. The van der Waals surface area contributed by atoms with Crippen LogP contribution in [0.2, 0.25) is 0 Å². The summed E-state index contributed by atoms with van der Waals surface area (Å²) in [6, 6.07) is 15.5. The zero-order chi connectivity index (χ0) is 20.5. The number of para-hydroxylation sites is 2. The van der Waals surface area contributed by atoms with Gasteiger partial charge in [-0.2, -0.15) is 0 Å². The molecule has 0 saturated heterocycles. The van der Waals surface area contributed by atoms with Crippen LogP contribution in [0.4, 0.5) is 0 Å². The van der Waals surface area contributed by atoms with Crippen LogP contribution in [-0.2, 0) is 5.75 Å². The topological polar surface area (TPSA) is 60.9 Å². The number of hydrogen-bond acceptors (Lipinski definition) is 5. The van der Waals surface area contributed by atoms with Crippen LogP contribution >= 0.6 is 11.8 Å². The van der Waals surface area contributed by atoms with E-state index in [1.165, 1.54) is 11.8 Å². The fraction of sp³-hybridized carbons (Fsp3) is 0.261. The fourth-order valence-corrected chi connectivity index (χ4v) is 4.60. The quantitative estimate of drug-likeness (QED) is 0.328. The summed E-state index contributed by atoms with van der Waals surface area (Å²) < 4.78 is 7.04. The molecule has 0 aliphatic rings. The first-order chi connectivity index (χ1) is 14.0. The molecule has 29 heavy (non-hydrogen) atoms. The number of aromatic nitrogens is 3. The molecule has 0 N–H and O–H groups in total. The molecule has 2 aromatic carbocycles. The molecular weight excluding hydrogens is 382 g/mol. The third kappa shape index (κ3) is 3.60. The Bertz CT molecular complexity index is 1220. The molecule has 2 aromatic heterocycles. The molecule has 0 unspecified atom stereocenters. The molecule has 148 valence electrons. The van der Waals surface area contributed by atoms with Crippen molar-refractivity contribution >= 4 is 22.7 Å². The molecule has 5 nitrogen and oxygen atoms in total. The normalized spacial score (nSPS) is 11.5. The zero-order valence-corrected chi connectivity index (χ0v) is 17.8. The Hall–Kier alpha value is -2.86. The number of hydrogen-bond donors (Lipinski definition) is 0. The smallest absolute Gasteiger partial charge is 0.266 e. The molecule has 0 amide bonds. The van der Waals surface area contributed by atoms with E-state index < -0.39 is 0 Å². The highest BCUT2D eigenvalue weighted by molar-refractivity contribution is 7.98. The maximum atomic E-state index is 13.5. The summed E-state index contributed by atoms with van der Waals surface area (Å²) in [7, 11) is 0. The van der Waals surface area contributed by atoms with Crippen LogP contribution < -0.4 is 5.56 Å². The predicted molar refractivity (Wildman–Crippen MR) is 117 cm³/mol. The van der Waals surface area contributed by atoms with Crippen molar-refractivity contribution in [3.8, 4) is 5.69 Å². The van der Waals surface area contributed by atoms with Gasteiger partial charge in [0.25, 0.3) is 5.56 Å². The van der Waals surface area contributed by atoms with E-state index in [0.717, 1.165) is 28.3 Å². The summed E-state index contributed by atoms with van der Waals surface area (Å²) in [5.41, 5.74) is 4.56. The van der Waals surface area contributed by atoms with Crippen molar-refractivity contribution in [2.75, 3.05) is 0 Å². The van der Waals surface area contributed by atoms with E-state index in [1.54, 1.807) is 4.57 Å². The fourth-order valence-electron chi connectivity index (χ4n) is 3.45. The summed E-state index contributed by atoms with van der Waals surface area (Å²) in [6.07, 6.45) is 0. The van der Waals surface area contributed by atoms with E-state index in [-0.39, 0.29) is 11.5 Å². The Morgan fingerprint density at radius 3 is 2.52 bits per heavy atom. The highest BCUT2D eigenvalue weighted by Crippen LogP contribution is 2.30. The average Bonchev–Trinajstić information content (AvgIpc) is 3.04. The number of thioether (sulfide) groups is 1. The Morgan fingerprint density at radius 2 is 1.79 bits per heavy atom. The van der Waals surface area contributed by atoms with Crippen molar-refractivity contribution in [2.45, 2.75) is 44.5 Å². The number of nitrogens with zero attached hydrogens (tertiary/aromatic N) is 3. The molecule has 4 rings (SSSR count). The van der Waals surface area contributed by atoms with E-state index in [0.29, 0.717) is 21.8 Å². The SMILES string of the molecule is Cc1noc(C)c1CSc1nc2ccccc2c(=O)n1-c1ccccc1C(C)C. The minimum atomic E-state index is -0.0510. The molecular formula is C23H23N3O2S. The molecule has 0 spiro atoms. The standard InChI is InChI=1S/C23H23N3O2S/c1-14(2)17-9-6-8-12-21(17)26-22(27)18-10-5-7-11-20(18)24-23(26)29-13-19-15(3)25-28-16(19)4/h5-12,14H,13H2,1-4H3. The second-order valence-electron chi connectivity index (χ2n) is 7.36. The molecule has 0 aliphatic heterocycles. The highest BCUT2D eigenvalue weighted by Gasteiger charge is 2.18. The largest absolute Gasteiger partial charge is 0.361 e. The van der Waals surface area contributed by atoms with Crippen molar-refractivity contribution in [3.63, 3.8) is 0 Å². The van der Waals surface area contributed by atoms with E-state index >= 15 is 0 Å². The molecule has 0 fully saturated rings. The predicted octanol–water partition coefficient (Wildman–Crippen LogP) is 5.41. The number of fused-ring (bicyclic) bond motifs is 1. The van der Waals surface area contributed by atoms with Crippen LogP contribution in [0.5, 0.6) is 0 Å². The van der Waals surface area contributed by atoms with Crippen LogP contribution in [-0.4, -0.2) is 14.7 Å². The molecule has 0 saturated carbocycles. The average molecular weight is 406 g/mol. The first-order valence-corrected chi connectivity index (χ1v) is 10.6.